The fraction of sp³-hybridized carbons (Fsp3) is 0.276. The summed E-state index contributed by atoms with van der Waals surface area (Å²) in [6.45, 7) is 0. The summed E-state index contributed by atoms with van der Waals surface area (Å²) < 4.78 is 0. The average molecular weight is 875 g/mol. The second-order valence-electron chi connectivity index (χ2n) is 19.7. The number of hydrogen-bond donors (Lipinski definition) is 0. The number of hydrogen-bond acceptors (Lipinski definition) is 4. The predicted molar refractivity (Wildman–Crippen MR) is 279 cm³/mol. The van der Waals surface area contributed by atoms with Crippen LogP contribution in [0, 0.1) is 22.7 Å². The zero-order valence-electron chi connectivity index (χ0n) is 38.1. The Hall–Kier alpha value is -5.92. The highest BCUT2D eigenvalue weighted by Crippen LogP contribution is 2.54. The minimum absolute atomic E-state index is 0.477. The molecule has 0 heterocycles. The van der Waals surface area contributed by atoms with E-state index < -0.39 is 20.1 Å². The zero-order valence-corrected chi connectivity index (χ0v) is 39.8. The Morgan fingerprint density at radius 3 is 1.00 bits per heavy atom. The van der Waals surface area contributed by atoms with Crippen LogP contribution in [0.15, 0.2) is 143 Å². The van der Waals surface area contributed by atoms with E-state index in [0.717, 1.165) is 22.7 Å². The van der Waals surface area contributed by atoms with Gasteiger partial charge in [0, 0.05) is 33.5 Å². The van der Waals surface area contributed by atoms with Crippen LogP contribution in [0.3, 0.4) is 0 Å². The Bertz CT molecular complexity index is 2860. The summed E-state index contributed by atoms with van der Waals surface area (Å²) in [4.78, 5) is 7.67. The number of nitrogens with zero attached hydrogens (tertiary/aromatic N) is 4. The highest BCUT2D eigenvalue weighted by Gasteiger charge is 2.30. The topological polar surface area (TPSA) is 54.1 Å². The SMILES string of the molecule is CS(C)(C)c1ccc(N(c2ccc(C#N)cc2)c2cc(C3CCCC3)c3ccc4c(N(c5ccc(C#N)cc5)c5ccc(S(C)(C)C)cc5)cc(C5CCCC5)c5ccc2c3c54)cc1. The summed E-state index contributed by atoms with van der Waals surface area (Å²) in [6, 6.07) is 54.3. The van der Waals surface area contributed by atoms with Gasteiger partial charge in [-0.1, -0.05) is 49.9 Å². The summed E-state index contributed by atoms with van der Waals surface area (Å²) >= 11 is 0. The van der Waals surface area contributed by atoms with Gasteiger partial charge in [-0.25, -0.2) is 20.1 Å². The molecule has 322 valence electrons. The highest BCUT2D eigenvalue weighted by molar-refractivity contribution is 8.32. The van der Waals surface area contributed by atoms with Gasteiger partial charge < -0.3 is 9.80 Å². The van der Waals surface area contributed by atoms with E-state index in [-0.39, 0.29) is 0 Å². The third kappa shape index (κ3) is 7.55. The van der Waals surface area contributed by atoms with Crippen molar-refractivity contribution in [3.63, 3.8) is 0 Å². The molecular formula is C58H58N4S2. The molecule has 0 unspecified atom stereocenters. The molecule has 0 bridgehead atoms. The van der Waals surface area contributed by atoms with Crippen molar-refractivity contribution in [2.24, 2.45) is 0 Å². The lowest BCUT2D eigenvalue weighted by molar-refractivity contribution is 0.729. The lowest BCUT2D eigenvalue weighted by Crippen LogP contribution is -2.13. The van der Waals surface area contributed by atoms with Crippen LogP contribution in [0.1, 0.15) is 85.5 Å². The fourth-order valence-corrected chi connectivity index (χ4v) is 12.7. The van der Waals surface area contributed by atoms with Crippen molar-refractivity contribution < 1.29 is 0 Å². The first-order valence-electron chi connectivity index (χ1n) is 22.9. The lowest BCUT2D eigenvalue weighted by atomic mass is 9.82. The number of benzene rings is 8. The molecule has 2 fully saturated rings. The van der Waals surface area contributed by atoms with Crippen molar-refractivity contribution in [1.29, 1.82) is 10.5 Å². The van der Waals surface area contributed by atoms with Crippen molar-refractivity contribution in [3.05, 3.63) is 156 Å². The minimum atomic E-state index is -0.918. The van der Waals surface area contributed by atoms with Crippen LogP contribution >= 0.6 is 20.1 Å². The van der Waals surface area contributed by atoms with Gasteiger partial charge >= 0.3 is 0 Å². The monoisotopic (exact) mass is 874 g/mol. The Morgan fingerprint density at radius 2 is 0.703 bits per heavy atom. The van der Waals surface area contributed by atoms with Crippen molar-refractivity contribution in [3.8, 4) is 12.1 Å². The molecule has 0 radical (unpaired) electrons. The van der Waals surface area contributed by atoms with Gasteiger partial charge in [0.15, 0.2) is 0 Å². The second kappa shape index (κ2) is 16.6. The average Bonchev–Trinajstić information content (AvgIpc) is 4.06. The molecule has 6 heteroatoms. The maximum Gasteiger partial charge on any atom is 0.0991 e. The molecule has 0 N–H and O–H groups in total. The molecule has 8 aromatic carbocycles. The van der Waals surface area contributed by atoms with Gasteiger partial charge in [0.1, 0.15) is 0 Å². The van der Waals surface area contributed by atoms with E-state index in [1.165, 1.54) is 116 Å². The highest BCUT2D eigenvalue weighted by atomic mass is 32.3. The second-order valence-corrected chi connectivity index (χ2v) is 27.9. The molecule has 2 saturated carbocycles. The standard InChI is InChI=1S/C58H58N4S2/c1-63(2,3)47-27-23-45(24-28-47)61(43-19-15-39(37-59)16-20-43)55-35-53(41-11-7-8-12-41)49-32-34-52-56(36-54(42-13-9-10-14-42)50-31-33-51(55)57(49)58(50)52)62(44-21-17-40(38-60)18-22-44)46-25-29-48(30-26-46)64(4,5)6/h15-36,41-42H,7-14H2,1-6H3. The minimum Gasteiger partial charge on any atom is -0.310 e. The summed E-state index contributed by atoms with van der Waals surface area (Å²) in [6.07, 6.45) is 23.9. The molecule has 10 rings (SSSR count). The largest absolute Gasteiger partial charge is 0.310 e. The van der Waals surface area contributed by atoms with E-state index in [2.05, 4.69) is 169 Å². The molecule has 0 saturated heterocycles. The van der Waals surface area contributed by atoms with Crippen LogP contribution in [0.4, 0.5) is 34.1 Å². The summed E-state index contributed by atoms with van der Waals surface area (Å²) in [5.41, 5.74) is 10.9. The Kier molecular flexibility index (Phi) is 10.9. The van der Waals surface area contributed by atoms with E-state index in [4.69, 9.17) is 0 Å². The normalized spacial score (nSPS) is 15.5. The molecule has 8 aromatic rings. The van der Waals surface area contributed by atoms with Crippen molar-refractivity contribution in [2.75, 3.05) is 47.3 Å². The fourth-order valence-electron chi connectivity index (χ4n) is 10.8. The van der Waals surface area contributed by atoms with E-state index in [1.807, 2.05) is 24.3 Å². The van der Waals surface area contributed by atoms with Gasteiger partial charge in [0.05, 0.1) is 34.6 Å². The van der Waals surface area contributed by atoms with Crippen LogP contribution in [0.5, 0.6) is 0 Å². The Morgan fingerprint density at radius 1 is 0.406 bits per heavy atom. The van der Waals surface area contributed by atoms with E-state index in [0.29, 0.717) is 23.0 Å². The van der Waals surface area contributed by atoms with Crippen molar-refractivity contribution in [1.82, 2.24) is 0 Å². The van der Waals surface area contributed by atoms with Crippen LogP contribution < -0.4 is 9.80 Å². The summed E-state index contributed by atoms with van der Waals surface area (Å²) in [7, 11) is -1.84. The van der Waals surface area contributed by atoms with Gasteiger partial charge in [-0.3, -0.25) is 0 Å². The van der Waals surface area contributed by atoms with E-state index >= 15 is 0 Å². The molecule has 0 spiro atoms. The maximum atomic E-state index is 9.86. The molecule has 0 amide bonds. The first kappa shape index (κ1) is 42.1. The molecular weight excluding hydrogens is 817 g/mol. The number of anilines is 6. The Labute approximate surface area is 383 Å². The van der Waals surface area contributed by atoms with Crippen molar-refractivity contribution >= 4 is 86.5 Å². The van der Waals surface area contributed by atoms with Gasteiger partial charge in [0.2, 0.25) is 0 Å². The molecule has 0 aliphatic heterocycles. The third-order valence-corrected chi connectivity index (χ3v) is 17.5. The van der Waals surface area contributed by atoms with Gasteiger partial charge in [0.25, 0.3) is 0 Å². The molecule has 0 aromatic heterocycles. The lowest BCUT2D eigenvalue weighted by Gasteiger charge is -2.33. The molecule has 64 heavy (non-hydrogen) atoms. The zero-order chi connectivity index (χ0) is 44.3. The molecule has 0 atom stereocenters. The quantitative estimate of drug-likeness (QED) is 0.128. The maximum absolute atomic E-state index is 9.86. The Balaban J connectivity index is 1.31. The van der Waals surface area contributed by atoms with Gasteiger partial charge in [-0.05, 0) is 227 Å². The van der Waals surface area contributed by atoms with Crippen LogP contribution in [0.2, 0.25) is 0 Å². The van der Waals surface area contributed by atoms with Crippen LogP contribution in [0.25, 0.3) is 32.3 Å². The first-order valence-corrected chi connectivity index (χ1v) is 28.6. The molecule has 2 aliphatic carbocycles. The summed E-state index contributed by atoms with van der Waals surface area (Å²) in [5, 5.41) is 27.6. The smallest absolute Gasteiger partial charge is 0.0991 e. The molecule has 4 nitrogen and oxygen atoms in total. The van der Waals surface area contributed by atoms with Crippen molar-refractivity contribution in [2.45, 2.75) is 73.0 Å². The third-order valence-electron chi connectivity index (χ3n) is 14.1. The molecule has 2 aliphatic rings. The van der Waals surface area contributed by atoms with Crippen LogP contribution in [-0.2, 0) is 0 Å². The van der Waals surface area contributed by atoms with Gasteiger partial charge in [-0.15, -0.1) is 0 Å². The predicted octanol–water partition coefficient (Wildman–Crippen LogP) is 16.7. The van der Waals surface area contributed by atoms with Crippen LogP contribution in [-0.4, -0.2) is 37.5 Å². The van der Waals surface area contributed by atoms with E-state index in [9.17, 15) is 10.5 Å². The summed E-state index contributed by atoms with van der Waals surface area (Å²) in [5.74, 6) is 0.954. The number of nitriles is 2. The van der Waals surface area contributed by atoms with Gasteiger partial charge in [-0.2, -0.15) is 10.5 Å². The van der Waals surface area contributed by atoms with E-state index in [1.54, 1.807) is 0 Å². The first-order chi connectivity index (χ1) is 30.9. The number of rotatable bonds is 10.